The Kier molecular flexibility index (Phi) is 5.96. The number of aryl methyl sites for hydroxylation is 4. The van der Waals surface area contributed by atoms with E-state index < -0.39 is 17.6 Å². The number of nitrogens with one attached hydrogen (secondary N) is 1. The lowest BCUT2D eigenvalue weighted by Gasteiger charge is -2.14. The van der Waals surface area contributed by atoms with E-state index in [2.05, 4.69) is 15.3 Å². The van der Waals surface area contributed by atoms with Gasteiger partial charge in [0.1, 0.15) is 4.83 Å². The van der Waals surface area contributed by atoms with Crippen LogP contribution in [0.2, 0.25) is 0 Å². The molecule has 7 nitrogen and oxygen atoms in total. The van der Waals surface area contributed by atoms with Gasteiger partial charge in [-0.25, -0.2) is 9.97 Å². The van der Waals surface area contributed by atoms with Crippen molar-refractivity contribution in [3.05, 3.63) is 69.1 Å². The summed E-state index contributed by atoms with van der Waals surface area (Å²) in [5, 5.41) is 3.17. The highest BCUT2D eigenvalue weighted by molar-refractivity contribution is 7.18. The number of carbonyl (C=O) groups excluding carboxylic acids is 1. The second kappa shape index (κ2) is 8.95. The molecule has 0 radical (unpaired) electrons. The molecule has 3 heterocycles. The van der Waals surface area contributed by atoms with Gasteiger partial charge < -0.3 is 9.88 Å². The van der Waals surface area contributed by atoms with Crippen LogP contribution in [0.25, 0.3) is 15.9 Å². The van der Waals surface area contributed by atoms with Crippen molar-refractivity contribution in [3.63, 3.8) is 0 Å². The molecule has 4 aromatic rings. The molecule has 11 heteroatoms. The maximum Gasteiger partial charge on any atom is 0.416 e. The molecule has 1 amide bonds. The Morgan fingerprint density at radius 3 is 2.69 bits per heavy atom. The van der Waals surface area contributed by atoms with Gasteiger partial charge in [-0.3, -0.25) is 14.2 Å². The number of benzene rings is 1. The minimum Gasteiger partial charge on any atom is -0.326 e. The highest BCUT2D eigenvalue weighted by atomic mass is 32.1. The van der Waals surface area contributed by atoms with Crippen molar-refractivity contribution in [2.24, 2.45) is 0 Å². The van der Waals surface area contributed by atoms with Crippen LogP contribution in [0.1, 0.15) is 41.0 Å². The third kappa shape index (κ3) is 4.72. The normalized spacial score (nSPS) is 13.7. The molecule has 1 N–H and O–H groups in total. The first-order valence-electron chi connectivity index (χ1n) is 11.2. The van der Waals surface area contributed by atoms with Gasteiger partial charge in [0.25, 0.3) is 5.56 Å². The van der Waals surface area contributed by atoms with Crippen molar-refractivity contribution >= 4 is 33.1 Å². The number of rotatable bonds is 5. The Labute approximate surface area is 202 Å². The SMILES string of the molecule is Cc1cn(-c2cc(NC(=O)CCn3cnc4sc5c(c4c3=O)CCCC5)cc(C(F)(F)F)c2)cn1. The minimum absolute atomic E-state index is 0.0130. The number of hydrogen-bond acceptors (Lipinski definition) is 5. The molecule has 1 aliphatic rings. The summed E-state index contributed by atoms with van der Waals surface area (Å²) in [5.74, 6) is -0.503. The molecule has 0 fully saturated rings. The summed E-state index contributed by atoms with van der Waals surface area (Å²) in [4.78, 5) is 36.0. The van der Waals surface area contributed by atoms with Crippen molar-refractivity contribution < 1.29 is 18.0 Å². The van der Waals surface area contributed by atoms with Gasteiger partial charge >= 0.3 is 6.18 Å². The van der Waals surface area contributed by atoms with Gasteiger partial charge in [0.05, 0.1) is 29.3 Å². The lowest BCUT2D eigenvalue weighted by atomic mass is 9.97. The lowest BCUT2D eigenvalue weighted by Crippen LogP contribution is -2.24. The molecular weight excluding hydrogens is 479 g/mol. The lowest BCUT2D eigenvalue weighted by molar-refractivity contribution is -0.137. The predicted octanol–water partition coefficient (Wildman–Crippen LogP) is 4.88. The monoisotopic (exact) mass is 501 g/mol. The van der Waals surface area contributed by atoms with E-state index in [1.165, 1.54) is 32.7 Å². The summed E-state index contributed by atoms with van der Waals surface area (Å²) in [6, 6.07) is 3.34. The van der Waals surface area contributed by atoms with Crippen LogP contribution in [0.15, 0.2) is 41.8 Å². The number of alkyl halides is 3. The molecule has 35 heavy (non-hydrogen) atoms. The van der Waals surface area contributed by atoms with E-state index in [0.29, 0.717) is 15.9 Å². The van der Waals surface area contributed by atoms with Crippen molar-refractivity contribution in [2.75, 3.05) is 5.32 Å². The number of imidazole rings is 1. The fourth-order valence-electron chi connectivity index (χ4n) is 4.34. The fourth-order valence-corrected chi connectivity index (χ4v) is 5.56. The van der Waals surface area contributed by atoms with Crippen LogP contribution in [0.4, 0.5) is 18.9 Å². The standard InChI is InChI=1S/C24H22F3N5O2S/c1-14-11-32(12-28-14)17-9-15(24(25,26)27)8-16(10-17)30-20(33)6-7-31-13-29-22-21(23(31)34)18-4-2-3-5-19(18)35-22/h8-13H,2-7H2,1H3,(H,30,33). The minimum atomic E-state index is -4.58. The smallest absolute Gasteiger partial charge is 0.326 e. The zero-order valence-electron chi connectivity index (χ0n) is 18.9. The predicted molar refractivity (Wildman–Crippen MR) is 127 cm³/mol. The number of carbonyl (C=O) groups is 1. The summed E-state index contributed by atoms with van der Waals surface area (Å²) < 4.78 is 43.2. The summed E-state index contributed by atoms with van der Waals surface area (Å²) in [6.07, 6.45) is 3.72. The van der Waals surface area contributed by atoms with Gasteiger partial charge in [-0.05, 0) is 56.4 Å². The highest BCUT2D eigenvalue weighted by Crippen LogP contribution is 2.34. The van der Waals surface area contributed by atoms with E-state index in [1.807, 2.05) is 0 Å². The zero-order valence-corrected chi connectivity index (χ0v) is 19.7. The van der Waals surface area contributed by atoms with Crippen LogP contribution in [0.5, 0.6) is 0 Å². The summed E-state index contributed by atoms with van der Waals surface area (Å²) in [7, 11) is 0. The Morgan fingerprint density at radius 2 is 1.94 bits per heavy atom. The van der Waals surface area contributed by atoms with Gasteiger partial charge in [-0.15, -0.1) is 11.3 Å². The van der Waals surface area contributed by atoms with Gasteiger partial charge in [-0.1, -0.05) is 0 Å². The van der Waals surface area contributed by atoms with Crippen LogP contribution >= 0.6 is 11.3 Å². The van der Waals surface area contributed by atoms with Crippen LogP contribution in [0, 0.1) is 6.92 Å². The molecule has 5 rings (SSSR count). The number of amides is 1. The summed E-state index contributed by atoms with van der Waals surface area (Å²) in [5.41, 5.74) is 0.890. The Hall–Kier alpha value is -3.47. The second-order valence-electron chi connectivity index (χ2n) is 8.62. The van der Waals surface area contributed by atoms with Crippen LogP contribution in [-0.2, 0) is 30.4 Å². The fraction of sp³-hybridized carbons (Fsp3) is 0.333. The average Bonchev–Trinajstić information content (AvgIpc) is 3.41. The van der Waals surface area contributed by atoms with Crippen molar-refractivity contribution in [1.82, 2.24) is 19.1 Å². The Bertz CT molecular complexity index is 1480. The Morgan fingerprint density at radius 1 is 1.14 bits per heavy atom. The van der Waals surface area contributed by atoms with E-state index in [9.17, 15) is 22.8 Å². The molecule has 1 aliphatic carbocycles. The third-order valence-electron chi connectivity index (χ3n) is 6.06. The molecule has 0 bridgehead atoms. The Balaban J connectivity index is 1.35. The third-order valence-corrected chi connectivity index (χ3v) is 7.26. The summed E-state index contributed by atoms with van der Waals surface area (Å²) in [6.45, 7) is 1.80. The molecule has 0 atom stereocenters. The molecule has 0 saturated heterocycles. The molecule has 0 saturated carbocycles. The molecule has 3 aromatic heterocycles. The summed E-state index contributed by atoms with van der Waals surface area (Å²) >= 11 is 1.55. The maximum absolute atomic E-state index is 13.5. The number of anilines is 1. The second-order valence-corrected chi connectivity index (χ2v) is 9.70. The van der Waals surface area contributed by atoms with E-state index in [0.717, 1.165) is 43.4 Å². The number of aromatic nitrogens is 4. The number of hydrogen-bond donors (Lipinski definition) is 1. The van der Waals surface area contributed by atoms with Crippen molar-refractivity contribution in [3.8, 4) is 5.69 Å². The number of fused-ring (bicyclic) bond motifs is 3. The largest absolute Gasteiger partial charge is 0.416 e. The molecular formula is C24H22F3N5O2S. The molecule has 1 aromatic carbocycles. The molecule has 182 valence electrons. The van der Waals surface area contributed by atoms with E-state index in [1.54, 1.807) is 24.5 Å². The first-order valence-corrected chi connectivity index (χ1v) is 12.0. The van der Waals surface area contributed by atoms with Gasteiger partial charge in [0, 0.05) is 35.4 Å². The van der Waals surface area contributed by atoms with Crippen molar-refractivity contribution in [2.45, 2.75) is 51.7 Å². The highest BCUT2D eigenvalue weighted by Gasteiger charge is 2.31. The molecule has 0 spiro atoms. The van der Waals surface area contributed by atoms with Crippen LogP contribution in [0.3, 0.4) is 0 Å². The number of halogens is 3. The van der Waals surface area contributed by atoms with E-state index >= 15 is 0 Å². The first-order chi connectivity index (χ1) is 16.7. The van der Waals surface area contributed by atoms with Gasteiger partial charge in [0.2, 0.25) is 5.91 Å². The maximum atomic E-state index is 13.5. The zero-order chi connectivity index (χ0) is 24.7. The topological polar surface area (TPSA) is 81.8 Å². The van der Waals surface area contributed by atoms with Crippen molar-refractivity contribution in [1.29, 1.82) is 0 Å². The van der Waals surface area contributed by atoms with E-state index in [-0.39, 0.29) is 29.9 Å². The van der Waals surface area contributed by atoms with Gasteiger partial charge in [-0.2, -0.15) is 13.2 Å². The van der Waals surface area contributed by atoms with Gasteiger partial charge in [0.15, 0.2) is 0 Å². The van der Waals surface area contributed by atoms with Crippen LogP contribution in [-0.4, -0.2) is 25.0 Å². The average molecular weight is 502 g/mol. The quantitative estimate of drug-likeness (QED) is 0.423. The first kappa shape index (κ1) is 23.3. The van der Waals surface area contributed by atoms with E-state index in [4.69, 9.17) is 0 Å². The number of thiophene rings is 1. The van der Waals surface area contributed by atoms with Crippen LogP contribution < -0.4 is 10.9 Å². The molecule has 0 unspecified atom stereocenters. The molecule has 0 aliphatic heterocycles. The number of nitrogens with zero attached hydrogens (tertiary/aromatic N) is 4.